The van der Waals surface area contributed by atoms with Crippen molar-refractivity contribution < 1.29 is 23.4 Å². The Morgan fingerprint density at radius 1 is 1.29 bits per heavy atom. The third kappa shape index (κ3) is 5.32. The first-order chi connectivity index (χ1) is 16.2. The summed E-state index contributed by atoms with van der Waals surface area (Å²) >= 11 is 0. The number of nitrogens with zero attached hydrogens (tertiary/aromatic N) is 3. The van der Waals surface area contributed by atoms with E-state index in [4.69, 9.17) is 10.1 Å². The molecule has 3 N–H and O–H groups in total. The van der Waals surface area contributed by atoms with E-state index in [9.17, 15) is 18.7 Å². The molecule has 3 rings (SSSR count). The van der Waals surface area contributed by atoms with Crippen molar-refractivity contribution in [2.24, 2.45) is 11.3 Å². The molecular formula is C24H29F2N5O3. The molecule has 10 heteroatoms. The number of carboxylic acid groups (broad SMARTS) is 1. The van der Waals surface area contributed by atoms with Crippen LogP contribution in [0.4, 0.5) is 14.6 Å². The Hall–Kier alpha value is -3.56. The maximum Gasteiger partial charge on any atom is 0.310 e. The molecule has 0 radical (unpaired) electrons. The second-order valence-corrected chi connectivity index (χ2v) is 8.54. The molecular weight excluding hydrogens is 444 g/mol. The van der Waals surface area contributed by atoms with Crippen LogP contribution in [0.25, 0.3) is 0 Å². The van der Waals surface area contributed by atoms with Gasteiger partial charge in [0.25, 0.3) is 0 Å². The van der Waals surface area contributed by atoms with Crippen LogP contribution < -0.4 is 10.2 Å². The van der Waals surface area contributed by atoms with Gasteiger partial charge in [-0.15, -0.1) is 0 Å². The normalized spacial score (nSPS) is 15.8. The number of nitrogens with one attached hydrogen (secondary N) is 2. The Labute approximate surface area is 197 Å². The number of hydrogen-bond donors (Lipinski definition) is 3. The highest BCUT2D eigenvalue weighted by molar-refractivity contribution is 6.04. The number of carboxylic acids is 1. The highest BCUT2D eigenvalue weighted by atomic mass is 19.1. The van der Waals surface area contributed by atoms with Crippen LogP contribution >= 0.6 is 0 Å². The van der Waals surface area contributed by atoms with Gasteiger partial charge in [-0.1, -0.05) is 32.0 Å². The van der Waals surface area contributed by atoms with Crippen LogP contribution in [-0.4, -0.2) is 47.0 Å². The summed E-state index contributed by atoms with van der Waals surface area (Å²) in [6.45, 7) is 4.57. The summed E-state index contributed by atoms with van der Waals surface area (Å²) in [5.41, 5.74) is -0.547. The van der Waals surface area contributed by atoms with Crippen LogP contribution in [0.5, 0.6) is 0 Å². The quantitative estimate of drug-likeness (QED) is 0.376. The maximum atomic E-state index is 14.6. The average molecular weight is 474 g/mol. The van der Waals surface area contributed by atoms with Gasteiger partial charge in [-0.3, -0.25) is 10.2 Å². The van der Waals surface area contributed by atoms with Gasteiger partial charge in [0.2, 0.25) is 0 Å². The van der Waals surface area contributed by atoms with Gasteiger partial charge >= 0.3 is 5.97 Å². The topological polar surface area (TPSA) is 111 Å². The van der Waals surface area contributed by atoms with Crippen molar-refractivity contribution in [2.75, 3.05) is 25.1 Å². The molecule has 1 aromatic heterocycles. The molecule has 1 saturated heterocycles. The highest BCUT2D eigenvalue weighted by Gasteiger charge is 2.44. The third-order valence-corrected chi connectivity index (χ3v) is 6.36. The third-order valence-electron chi connectivity index (χ3n) is 6.36. The number of carbonyl (C=O) groups is 1. The summed E-state index contributed by atoms with van der Waals surface area (Å²) in [6.07, 6.45) is 3.07. The van der Waals surface area contributed by atoms with E-state index >= 15 is 0 Å². The molecule has 2 heterocycles. The maximum absolute atomic E-state index is 14.6. The van der Waals surface area contributed by atoms with Gasteiger partial charge in [-0.2, -0.15) is 0 Å². The molecule has 34 heavy (non-hydrogen) atoms. The summed E-state index contributed by atoms with van der Waals surface area (Å²) < 4.78 is 33.6. The molecule has 0 aliphatic carbocycles. The van der Waals surface area contributed by atoms with Crippen molar-refractivity contribution in [1.29, 1.82) is 5.41 Å². The van der Waals surface area contributed by atoms with Gasteiger partial charge < -0.3 is 20.1 Å². The van der Waals surface area contributed by atoms with Crippen LogP contribution in [0.2, 0.25) is 0 Å². The molecule has 0 saturated carbocycles. The summed E-state index contributed by atoms with van der Waals surface area (Å²) in [5, 5.41) is 21.0. The van der Waals surface area contributed by atoms with E-state index in [0.29, 0.717) is 31.5 Å². The number of allylic oxidation sites excluding steroid dienone is 1. The number of anilines is 1. The Morgan fingerprint density at radius 3 is 2.56 bits per heavy atom. The standard InChI is InChI=1S/C24H29F2N5O3/c1-15(2)24(23(32)33)8-10-31(11-9-24)22-18(26)14-29-21(30-22)19(27)12-20(34-3)28-13-16-6-4-5-7-17(16)25/h4-7,12,14-15,27-28H,8-11,13H2,1-3H3,(H,32,33)/b20-12+,27-19?. The summed E-state index contributed by atoms with van der Waals surface area (Å²) in [5.74, 6) is -1.69. The fourth-order valence-corrected chi connectivity index (χ4v) is 4.07. The molecule has 1 aliphatic heterocycles. The SMILES string of the molecule is CO/C(=C/C(=N)c1ncc(F)c(N2CCC(C(=O)O)(C(C)C)CC2)n1)NCc1ccccc1F. The lowest BCUT2D eigenvalue weighted by molar-refractivity contribution is -0.153. The lowest BCUT2D eigenvalue weighted by Crippen LogP contribution is -2.47. The van der Waals surface area contributed by atoms with Crippen molar-refractivity contribution in [3.8, 4) is 0 Å². The van der Waals surface area contributed by atoms with Crippen molar-refractivity contribution in [1.82, 2.24) is 15.3 Å². The van der Waals surface area contributed by atoms with Gasteiger partial charge in [-0.05, 0) is 24.8 Å². The van der Waals surface area contributed by atoms with E-state index in [1.807, 2.05) is 13.8 Å². The Kier molecular flexibility index (Phi) is 7.80. The molecule has 8 nitrogen and oxygen atoms in total. The molecule has 0 bridgehead atoms. The number of hydrogen-bond acceptors (Lipinski definition) is 7. The molecule has 0 atom stereocenters. The zero-order chi connectivity index (χ0) is 24.9. The van der Waals surface area contributed by atoms with E-state index in [1.54, 1.807) is 23.1 Å². The minimum Gasteiger partial charge on any atom is -0.482 e. The van der Waals surface area contributed by atoms with E-state index in [2.05, 4.69) is 15.3 Å². The lowest BCUT2D eigenvalue weighted by Gasteiger charge is -2.41. The van der Waals surface area contributed by atoms with Crippen molar-refractivity contribution in [3.63, 3.8) is 0 Å². The second-order valence-electron chi connectivity index (χ2n) is 8.54. The predicted molar refractivity (Wildman–Crippen MR) is 124 cm³/mol. The van der Waals surface area contributed by atoms with E-state index in [0.717, 1.165) is 6.20 Å². The number of aliphatic carboxylic acids is 1. The van der Waals surface area contributed by atoms with Crippen LogP contribution in [0.15, 0.2) is 42.4 Å². The number of benzene rings is 1. The minimum atomic E-state index is -0.852. The number of rotatable bonds is 9. The van der Waals surface area contributed by atoms with Crippen LogP contribution in [-0.2, 0) is 16.1 Å². The smallest absolute Gasteiger partial charge is 0.310 e. The lowest BCUT2D eigenvalue weighted by atomic mass is 9.70. The number of aromatic nitrogens is 2. The zero-order valence-electron chi connectivity index (χ0n) is 19.4. The molecule has 0 amide bonds. The number of methoxy groups -OCH3 is 1. The number of piperidine rings is 1. The number of ether oxygens (including phenoxy) is 1. The van der Waals surface area contributed by atoms with Crippen molar-refractivity contribution >= 4 is 17.5 Å². The minimum absolute atomic E-state index is 0.0161. The van der Waals surface area contributed by atoms with Gasteiger partial charge in [0.1, 0.15) is 11.5 Å². The Morgan fingerprint density at radius 2 is 1.97 bits per heavy atom. The number of halogens is 2. The van der Waals surface area contributed by atoms with E-state index < -0.39 is 17.2 Å². The fourth-order valence-electron chi connectivity index (χ4n) is 4.07. The molecule has 1 aliphatic rings. The van der Waals surface area contributed by atoms with Crippen molar-refractivity contribution in [3.05, 3.63) is 65.4 Å². The van der Waals surface area contributed by atoms with Gasteiger partial charge in [0.05, 0.1) is 18.7 Å². The highest BCUT2D eigenvalue weighted by Crippen LogP contribution is 2.40. The Balaban J connectivity index is 1.74. The molecule has 2 aromatic rings. The molecule has 1 aromatic carbocycles. The van der Waals surface area contributed by atoms with Gasteiger partial charge in [0, 0.05) is 31.3 Å². The average Bonchev–Trinajstić information content (AvgIpc) is 2.82. The monoisotopic (exact) mass is 473 g/mol. The largest absolute Gasteiger partial charge is 0.482 e. The second kappa shape index (κ2) is 10.6. The molecule has 0 spiro atoms. The van der Waals surface area contributed by atoms with E-state index in [-0.39, 0.29) is 41.5 Å². The first kappa shape index (κ1) is 25.1. The zero-order valence-corrected chi connectivity index (χ0v) is 19.4. The van der Waals surface area contributed by atoms with Crippen LogP contribution in [0.3, 0.4) is 0 Å². The Bertz CT molecular complexity index is 1080. The molecule has 0 unspecified atom stereocenters. The molecule has 182 valence electrons. The first-order valence-electron chi connectivity index (χ1n) is 11.0. The van der Waals surface area contributed by atoms with Gasteiger partial charge in [0.15, 0.2) is 23.3 Å². The van der Waals surface area contributed by atoms with Crippen molar-refractivity contribution in [2.45, 2.75) is 33.2 Å². The fraction of sp³-hybridized carbons (Fsp3) is 0.417. The summed E-state index contributed by atoms with van der Waals surface area (Å²) in [6, 6.07) is 6.30. The predicted octanol–water partition coefficient (Wildman–Crippen LogP) is 3.73. The van der Waals surface area contributed by atoms with Crippen LogP contribution in [0, 0.1) is 28.4 Å². The van der Waals surface area contributed by atoms with Gasteiger partial charge in [-0.25, -0.2) is 18.7 Å². The summed E-state index contributed by atoms with van der Waals surface area (Å²) in [4.78, 5) is 21.7. The van der Waals surface area contributed by atoms with Crippen LogP contribution in [0.1, 0.15) is 38.1 Å². The first-order valence-corrected chi connectivity index (χ1v) is 11.0. The molecule has 1 fully saturated rings. The summed E-state index contributed by atoms with van der Waals surface area (Å²) in [7, 11) is 1.40. The van der Waals surface area contributed by atoms with E-state index in [1.165, 1.54) is 19.3 Å².